The van der Waals surface area contributed by atoms with Crippen molar-refractivity contribution >= 4 is 35.1 Å². The number of unbranched alkanes of at least 4 members (excludes halogenated alkanes) is 5. The van der Waals surface area contributed by atoms with E-state index in [1.807, 2.05) is 6.92 Å². The van der Waals surface area contributed by atoms with Crippen LogP contribution in [0.2, 0.25) is 0 Å². The second-order valence-corrected chi connectivity index (χ2v) is 7.92. The second kappa shape index (κ2) is 14.9. The fourth-order valence-electron chi connectivity index (χ4n) is 2.85. The van der Waals surface area contributed by atoms with Gasteiger partial charge in [0.25, 0.3) is 0 Å². The van der Waals surface area contributed by atoms with Crippen LogP contribution in [0.4, 0.5) is 5.69 Å². The molecule has 0 aliphatic carbocycles. The van der Waals surface area contributed by atoms with Crippen LogP contribution in [0.25, 0.3) is 0 Å². The molecule has 1 radical (unpaired) electrons. The molecule has 1 rings (SSSR count). The van der Waals surface area contributed by atoms with E-state index in [1.54, 1.807) is 30.8 Å². The van der Waals surface area contributed by atoms with E-state index in [0.29, 0.717) is 17.0 Å². The number of carboxylic acid groups (broad SMARTS) is 1. The number of hydrogen-bond acceptors (Lipinski definition) is 4. The zero-order chi connectivity index (χ0) is 20.2. The van der Waals surface area contributed by atoms with E-state index >= 15 is 0 Å². The van der Waals surface area contributed by atoms with Crippen molar-refractivity contribution in [3.05, 3.63) is 28.8 Å². The van der Waals surface area contributed by atoms with Gasteiger partial charge in [0, 0.05) is 34.5 Å². The van der Waals surface area contributed by atoms with Crippen LogP contribution < -0.4 is 5.32 Å². The predicted molar refractivity (Wildman–Crippen MR) is 112 cm³/mol. The quantitative estimate of drug-likeness (QED) is 0.236. The monoisotopic (exact) mass is 500 g/mol. The molecule has 0 heterocycles. The van der Waals surface area contributed by atoms with Crippen molar-refractivity contribution in [2.45, 2.75) is 65.7 Å². The smallest absolute Gasteiger partial charge is 0.372 e. The molecule has 1 amide bonds. The van der Waals surface area contributed by atoms with Crippen molar-refractivity contribution in [2.75, 3.05) is 16.8 Å². The van der Waals surface area contributed by atoms with Crippen LogP contribution in [0.3, 0.4) is 0 Å². The van der Waals surface area contributed by atoms with Gasteiger partial charge in [-0.05, 0) is 42.7 Å². The molecule has 0 aliphatic heterocycles. The van der Waals surface area contributed by atoms with Crippen LogP contribution in [0.5, 0.6) is 0 Å². The molecule has 0 atom stereocenters. The number of aryl methyl sites for hydroxylation is 1. The Hall–Kier alpha value is -1.08. The first kappa shape index (κ1) is 26.9. The Morgan fingerprint density at radius 2 is 1.68 bits per heavy atom. The molecule has 0 spiro atoms. The fraction of sp³-hybridized carbons (Fsp3) is 0.571. The third-order valence-corrected chi connectivity index (χ3v) is 5.56. The number of Topliss-reactive ketones (excluding diaryl/α,β-unsaturated/α-hetero) is 1. The van der Waals surface area contributed by atoms with E-state index in [-0.39, 0.29) is 34.7 Å². The number of nitrogens with one attached hydrogen (secondary N) is 1. The minimum absolute atomic E-state index is 0. The van der Waals surface area contributed by atoms with Crippen molar-refractivity contribution in [1.82, 2.24) is 0 Å². The Morgan fingerprint density at radius 3 is 2.32 bits per heavy atom. The summed E-state index contributed by atoms with van der Waals surface area (Å²) in [4.78, 5) is 34.5. The number of ketones is 1. The van der Waals surface area contributed by atoms with Gasteiger partial charge in [-0.15, -0.1) is 0 Å². The molecule has 2 N–H and O–H groups in total. The number of amides is 1. The number of carboxylic acids is 1. The molecule has 0 saturated heterocycles. The van der Waals surface area contributed by atoms with Gasteiger partial charge in [-0.2, -0.15) is 11.8 Å². The summed E-state index contributed by atoms with van der Waals surface area (Å²) in [5.41, 5.74) is 2.95. The van der Waals surface area contributed by atoms with Crippen molar-refractivity contribution < 1.29 is 41.9 Å². The maximum atomic E-state index is 12.2. The number of thioether (sulfide) groups is 1. The SMILES string of the molecule is CCCCCCCCSCC(=O)Nc1c(C)ccc(CC(=O)C(=O)O)c1C.[Ag]. The Kier molecular flexibility index (Phi) is 14.3. The molecule has 1 aromatic rings. The van der Waals surface area contributed by atoms with Gasteiger partial charge in [0.1, 0.15) is 0 Å². The maximum absolute atomic E-state index is 12.2. The summed E-state index contributed by atoms with van der Waals surface area (Å²) >= 11 is 1.63. The second-order valence-electron chi connectivity index (χ2n) is 6.82. The van der Waals surface area contributed by atoms with Crippen molar-refractivity contribution in [2.24, 2.45) is 0 Å². The molecular formula is C21H31AgNO4S. The topological polar surface area (TPSA) is 83.5 Å². The van der Waals surface area contributed by atoms with Gasteiger partial charge in [0.15, 0.2) is 0 Å². The van der Waals surface area contributed by atoms with Crippen molar-refractivity contribution in [1.29, 1.82) is 0 Å². The zero-order valence-corrected chi connectivity index (χ0v) is 19.2. The Morgan fingerprint density at radius 1 is 1.04 bits per heavy atom. The van der Waals surface area contributed by atoms with Gasteiger partial charge in [-0.1, -0.05) is 51.2 Å². The molecule has 0 unspecified atom stereocenters. The molecule has 0 saturated carbocycles. The van der Waals surface area contributed by atoms with Gasteiger partial charge in [0.05, 0.1) is 5.75 Å². The van der Waals surface area contributed by atoms with Crippen LogP contribution >= 0.6 is 11.8 Å². The first-order chi connectivity index (χ1) is 12.9. The summed E-state index contributed by atoms with van der Waals surface area (Å²) in [6.45, 7) is 5.89. The predicted octanol–water partition coefficient (Wildman–Crippen LogP) is 4.53. The summed E-state index contributed by atoms with van der Waals surface area (Å²) in [6, 6.07) is 3.55. The number of aliphatic carboxylic acids is 1. The number of rotatable bonds is 13. The molecule has 0 bridgehead atoms. The normalized spacial score (nSPS) is 10.2. The minimum Gasteiger partial charge on any atom is -0.475 e. The standard InChI is InChI=1S/C21H31NO4S.Ag/c1-4-5-6-7-8-9-12-27-14-19(24)22-20-15(2)10-11-17(16(20)3)13-18(23)21(25)26;/h10-11H,4-9,12-14H2,1-3H3,(H,22,24)(H,25,26);. The van der Waals surface area contributed by atoms with Gasteiger partial charge < -0.3 is 10.4 Å². The van der Waals surface area contributed by atoms with Gasteiger partial charge in [-0.25, -0.2) is 4.79 Å². The number of hydrogen-bond donors (Lipinski definition) is 2. The fourth-order valence-corrected chi connectivity index (χ4v) is 3.66. The number of anilines is 1. The molecular weight excluding hydrogens is 470 g/mol. The van der Waals surface area contributed by atoms with E-state index in [0.717, 1.165) is 23.3 Å². The van der Waals surface area contributed by atoms with Crippen LogP contribution in [0.1, 0.15) is 62.1 Å². The molecule has 0 fully saturated rings. The summed E-state index contributed by atoms with van der Waals surface area (Å²) < 4.78 is 0. The summed E-state index contributed by atoms with van der Waals surface area (Å²) in [5.74, 6) is -0.990. The van der Waals surface area contributed by atoms with Crippen LogP contribution in [0, 0.1) is 13.8 Å². The first-order valence-electron chi connectivity index (χ1n) is 9.59. The van der Waals surface area contributed by atoms with E-state index in [4.69, 9.17) is 5.11 Å². The average molecular weight is 501 g/mol. The average Bonchev–Trinajstić information content (AvgIpc) is 2.63. The Labute approximate surface area is 187 Å². The molecule has 1 aromatic carbocycles. The van der Waals surface area contributed by atoms with Crippen LogP contribution in [-0.4, -0.2) is 34.3 Å². The largest absolute Gasteiger partial charge is 0.475 e. The van der Waals surface area contributed by atoms with Crippen LogP contribution in [0.15, 0.2) is 12.1 Å². The number of benzene rings is 1. The van der Waals surface area contributed by atoms with Crippen LogP contribution in [-0.2, 0) is 43.2 Å². The summed E-state index contributed by atoms with van der Waals surface area (Å²) in [5, 5.41) is 11.7. The molecule has 161 valence electrons. The summed E-state index contributed by atoms with van der Waals surface area (Å²) in [6.07, 6.45) is 7.28. The third-order valence-electron chi connectivity index (χ3n) is 4.51. The molecule has 0 aliphatic rings. The Bertz CT molecular complexity index is 664. The van der Waals surface area contributed by atoms with Crippen molar-refractivity contribution in [3.63, 3.8) is 0 Å². The minimum atomic E-state index is -1.44. The van der Waals surface area contributed by atoms with Crippen molar-refractivity contribution in [3.8, 4) is 0 Å². The number of carbonyl (C=O) groups is 3. The molecule has 7 heteroatoms. The molecule has 0 aromatic heterocycles. The maximum Gasteiger partial charge on any atom is 0.372 e. The Balaban J connectivity index is 0.00000729. The van der Waals surface area contributed by atoms with Gasteiger partial charge in [-0.3, -0.25) is 9.59 Å². The zero-order valence-electron chi connectivity index (χ0n) is 16.9. The van der Waals surface area contributed by atoms with E-state index in [2.05, 4.69) is 12.2 Å². The summed E-state index contributed by atoms with van der Waals surface area (Å²) in [7, 11) is 0. The van der Waals surface area contributed by atoms with E-state index < -0.39 is 11.8 Å². The van der Waals surface area contributed by atoms with E-state index in [9.17, 15) is 14.4 Å². The van der Waals surface area contributed by atoms with Gasteiger partial charge >= 0.3 is 5.97 Å². The molecule has 28 heavy (non-hydrogen) atoms. The molecule has 5 nitrogen and oxygen atoms in total. The number of carbonyl (C=O) groups excluding carboxylic acids is 2. The van der Waals surface area contributed by atoms with Gasteiger partial charge in [0.2, 0.25) is 11.7 Å². The van der Waals surface area contributed by atoms with E-state index in [1.165, 1.54) is 32.1 Å². The third kappa shape index (κ3) is 9.92. The first-order valence-corrected chi connectivity index (χ1v) is 10.7.